The van der Waals surface area contributed by atoms with Gasteiger partial charge in [-0.3, -0.25) is 4.79 Å². The van der Waals surface area contributed by atoms with Crippen molar-refractivity contribution < 1.29 is 23.0 Å². The van der Waals surface area contributed by atoms with Gasteiger partial charge in [0.05, 0.1) is 30.2 Å². The van der Waals surface area contributed by atoms with Gasteiger partial charge in [0.15, 0.2) is 0 Å². The molecule has 1 unspecified atom stereocenters. The van der Waals surface area contributed by atoms with Crippen molar-refractivity contribution in [3.8, 4) is 22.7 Å². The molecule has 0 radical (unpaired) electrons. The Morgan fingerprint density at radius 2 is 2.00 bits per heavy atom. The van der Waals surface area contributed by atoms with Crippen molar-refractivity contribution in [1.82, 2.24) is 9.78 Å². The maximum absolute atomic E-state index is 14.1. The summed E-state index contributed by atoms with van der Waals surface area (Å²) in [6.45, 7) is 3.20. The first-order chi connectivity index (χ1) is 16.7. The number of aryl methyl sites for hydroxylation is 1. The number of aliphatic hydroxyl groups is 1. The van der Waals surface area contributed by atoms with Gasteiger partial charge in [0.2, 0.25) is 0 Å². The molecule has 35 heavy (non-hydrogen) atoms. The lowest BCUT2D eigenvalue weighted by Crippen LogP contribution is -2.28. The Balaban J connectivity index is 1.75. The summed E-state index contributed by atoms with van der Waals surface area (Å²) in [5, 5.41) is 17.4. The Morgan fingerprint density at radius 1 is 1.20 bits per heavy atom. The lowest BCUT2D eigenvalue weighted by atomic mass is 10.0. The molecule has 2 aliphatic rings. The van der Waals surface area contributed by atoms with Crippen LogP contribution in [0.3, 0.4) is 0 Å². The fraction of sp³-hybridized carbons (Fsp3) is 0.360. The van der Waals surface area contributed by atoms with Gasteiger partial charge in [0, 0.05) is 36.4 Å². The monoisotopic (exact) mass is 486 g/mol. The van der Waals surface area contributed by atoms with Crippen LogP contribution >= 0.6 is 0 Å². The molecule has 0 saturated carbocycles. The number of hydrogen-bond acceptors (Lipinski definition) is 6. The summed E-state index contributed by atoms with van der Waals surface area (Å²) in [5.74, 6) is 0.588. The van der Waals surface area contributed by atoms with Gasteiger partial charge in [0.25, 0.3) is 5.56 Å². The molecule has 1 saturated heterocycles. The summed E-state index contributed by atoms with van der Waals surface area (Å²) in [7, 11) is 1.54. The first-order valence-corrected chi connectivity index (χ1v) is 11.4. The molecule has 0 bridgehead atoms. The molecule has 1 aromatic heterocycles. The van der Waals surface area contributed by atoms with Crippen molar-refractivity contribution in [3.05, 3.63) is 63.4 Å². The van der Waals surface area contributed by atoms with E-state index in [1.807, 2.05) is 19.1 Å². The Morgan fingerprint density at radius 3 is 2.69 bits per heavy atom. The van der Waals surface area contributed by atoms with E-state index in [9.17, 15) is 23.1 Å². The number of nitrogens with one attached hydrogen (secondary N) is 1. The second-order valence-corrected chi connectivity index (χ2v) is 8.92. The zero-order chi connectivity index (χ0) is 24.9. The number of methoxy groups -OCH3 is 1. The van der Waals surface area contributed by atoms with E-state index in [0.29, 0.717) is 60.7 Å². The highest BCUT2D eigenvalue weighted by atomic mass is 19.4. The van der Waals surface area contributed by atoms with E-state index in [1.54, 1.807) is 11.0 Å². The summed E-state index contributed by atoms with van der Waals surface area (Å²) >= 11 is 0. The van der Waals surface area contributed by atoms with Gasteiger partial charge in [-0.25, -0.2) is 0 Å². The summed E-state index contributed by atoms with van der Waals surface area (Å²) in [4.78, 5) is 15.2. The molecule has 10 heteroatoms. The minimum absolute atomic E-state index is 0.255. The van der Waals surface area contributed by atoms with Crippen LogP contribution in [0, 0.1) is 6.92 Å². The molecule has 2 aromatic carbocycles. The van der Waals surface area contributed by atoms with Crippen molar-refractivity contribution in [2.45, 2.75) is 32.0 Å². The predicted molar refractivity (Wildman–Crippen MR) is 127 cm³/mol. The molecule has 3 heterocycles. The number of rotatable bonds is 4. The van der Waals surface area contributed by atoms with Crippen LogP contribution in [0.2, 0.25) is 0 Å². The average Bonchev–Trinajstić information content (AvgIpc) is 3.48. The highest BCUT2D eigenvalue weighted by Crippen LogP contribution is 2.38. The first-order valence-electron chi connectivity index (χ1n) is 11.4. The second kappa shape index (κ2) is 8.60. The van der Waals surface area contributed by atoms with Crippen LogP contribution < -0.4 is 20.5 Å². The number of benzene rings is 2. The molecule has 7 nitrogen and oxygen atoms in total. The van der Waals surface area contributed by atoms with Crippen LogP contribution in [-0.4, -0.2) is 47.7 Å². The van der Waals surface area contributed by atoms with Gasteiger partial charge in [-0.15, -0.1) is 0 Å². The lowest BCUT2D eigenvalue weighted by Gasteiger charge is -2.22. The van der Waals surface area contributed by atoms with Crippen LogP contribution in [0.5, 0.6) is 5.75 Å². The van der Waals surface area contributed by atoms with Gasteiger partial charge in [-0.2, -0.15) is 23.0 Å². The minimum atomic E-state index is -4.70. The largest absolute Gasteiger partial charge is 0.497 e. The molecule has 0 spiro atoms. The smallest absolute Gasteiger partial charge is 0.418 e. The Kier molecular flexibility index (Phi) is 5.71. The molecule has 1 atom stereocenters. The molecule has 184 valence electrons. The number of fused-ring (bicyclic) bond motifs is 1. The number of aromatic nitrogens is 2. The third-order valence-corrected chi connectivity index (χ3v) is 6.47. The fourth-order valence-electron chi connectivity index (χ4n) is 4.80. The normalized spacial score (nSPS) is 17.4. The third kappa shape index (κ3) is 4.22. The van der Waals surface area contributed by atoms with Crippen LogP contribution in [-0.2, 0) is 12.6 Å². The van der Waals surface area contributed by atoms with E-state index in [4.69, 9.17) is 4.74 Å². The number of halogens is 3. The highest BCUT2D eigenvalue weighted by molar-refractivity contribution is 5.73. The maximum Gasteiger partial charge on any atom is 0.418 e. The number of β-amino-alcohol motifs (C(OH)–C–C–N with tert-alkyl or cyclic N) is 1. The van der Waals surface area contributed by atoms with E-state index in [-0.39, 0.29) is 11.4 Å². The zero-order valence-corrected chi connectivity index (χ0v) is 19.3. The topological polar surface area (TPSA) is 79.6 Å². The number of nitrogens with zero attached hydrogens (tertiary/aromatic N) is 3. The predicted octanol–water partition coefficient (Wildman–Crippen LogP) is 3.77. The quantitative estimate of drug-likeness (QED) is 0.585. The van der Waals surface area contributed by atoms with Crippen molar-refractivity contribution in [2.75, 3.05) is 37.0 Å². The van der Waals surface area contributed by atoms with E-state index in [2.05, 4.69) is 10.4 Å². The molecule has 0 aliphatic carbocycles. The Hall–Kier alpha value is -3.53. The number of anilines is 2. The van der Waals surface area contributed by atoms with Gasteiger partial charge in [-0.1, -0.05) is 0 Å². The van der Waals surface area contributed by atoms with Crippen LogP contribution in [0.15, 0.2) is 41.2 Å². The van der Waals surface area contributed by atoms with Gasteiger partial charge in [0.1, 0.15) is 11.4 Å². The average molecular weight is 486 g/mol. The Labute approximate surface area is 199 Å². The standard InChI is InChI=1S/C25H25F3N4O3/c1-14-9-15(11-18(10-14)35-2)22-19-5-7-29-23(19)24(34)32(30-22)21-12-16(31-8-6-17(33)13-31)3-4-20(21)25(26,27)28/h3-4,9-12,17,29,33H,5-8,13H2,1-2H3. The highest BCUT2D eigenvalue weighted by Gasteiger charge is 2.36. The molecule has 5 rings (SSSR count). The fourth-order valence-corrected chi connectivity index (χ4v) is 4.80. The number of aliphatic hydroxyl groups excluding tert-OH is 1. The van der Waals surface area contributed by atoms with E-state index < -0.39 is 23.4 Å². The first kappa shape index (κ1) is 23.2. The van der Waals surface area contributed by atoms with Crippen LogP contribution in [0.1, 0.15) is 23.1 Å². The van der Waals surface area contributed by atoms with Gasteiger partial charge >= 0.3 is 6.18 Å². The molecule has 0 amide bonds. The number of alkyl halides is 3. The maximum atomic E-state index is 14.1. The van der Waals surface area contributed by atoms with E-state index >= 15 is 0 Å². The van der Waals surface area contributed by atoms with Crippen molar-refractivity contribution in [3.63, 3.8) is 0 Å². The molecule has 2 aliphatic heterocycles. The van der Waals surface area contributed by atoms with Gasteiger partial charge in [-0.05, 0) is 61.7 Å². The van der Waals surface area contributed by atoms with E-state index in [0.717, 1.165) is 16.3 Å². The van der Waals surface area contributed by atoms with Crippen LogP contribution in [0.4, 0.5) is 24.5 Å². The summed E-state index contributed by atoms with van der Waals surface area (Å²) in [6, 6.07) is 9.14. The van der Waals surface area contributed by atoms with Gasteiger partial charge < -0.3 is 20.1 Å². The second-order valence-electron chi connectivity index (χ2n) is 8.92. The number of ether oxygens (including phenoxy) is 1. The lowest BCUT2D eigenvalue weighted by molar-refractivity contribution is -0.137. The van der Waals surface area contributed by atoms with Crippen molar-refractivity contribution in [2.24, 2.45) is 0 Å². The molecule has 2 N–H and O–H groups in total. The zero-order valence-electron chi connectivity index (χ0n) is 19.3. The Bertz CT molecular complexity index is 1350. The molecular formula is C25H25F3N4O3. The van der Waals surface area contributed by atoms with Crippen molar-refractivity contribution in [1.29, 1.82) is 0 Å². The van der Waals surface area contributed by atoms with E-state index in [1.165, 1.54) is 19.2 Å². The summed E-state index contributed by atoms with van der Waals surface area (Å²) in [6.07, 6.45) is -4.19. The molecular weight excluding hydrogens is 461 g/mol. The van der Waals surface area contributed by atoms with Crippen molar-refractivity contribution >= 4 is 11.4 Å². The summed E-state index contributed by atoms with van der Waals surface area (Å²) < 4.78 is 48.4. The SMILES string of the molecule is COc1cc(C)cc(-c2nn(-c3cc(N4CCC(O)C4)ccc3C(F)(F)F)c(=O)c3c2CCN3)c1. The third-order valence-electron chi connectivity index (χ3n) is 6.47. The van der Waals surface area contributed by atoms with Crippen LogP contribution in [0.25, 0.3) is 16.9 Å². The summed E-state index contributed by atoms with van der Waals surface area (Å²) in [5.41, 5.74) is 1.46. The molecule has 3 aromatic rings. The minimum Gasteiger partial charge on any atom is -0.497 e. The number of hydrogen-bond donors (Lipinski definition) is 2. The molecule has 1 fully saturated rings.